The molecule has 0 aliphatic rings. The number of benzene rings is 1. The lowest BCUT2D eigenvalue weighted by Gasteiger charge is -2.10. The SMILES string of the molecule is C=C(C)Cn1nnc(CN)c1COc1ccc(OCC)cc1. The van der Waals surface area contributed by atoms with Gasteiger partial charge in [0.15, 0.2) is 0 Å². The van der Waals surface area contributed by atoms with Crippen molar-refractivity contribution in [3.05, 3.63) is 47.8 Å². The molecule has 1 aromatic heterocycles. The first kappa shape index (κ1) is 16.0. The standard InChI is InChI=1S/C16H22N4O2/c1-4-21-13-5-7-14(8-6-13)22-11-16-15(9-17)18-19-20(16)10-12(2)3/h5-8H,2,4,9-11,17H2,1,3H3. The first-order valence-electron chi connectivity index (χ1n) is 7.25. The Morgan fingerprint density at radius 2 is 1.86 bits per heavy atom. The maximum absolute atomic E-state index is 5.81. The van der Waals surface area contributed by atoms with Crippen LogP contribution in [0.2, 0.25) is 0 Å². The molecule has 6 heteroatoms. The van der Waals surface area contributed by atoms with E-state index in [1.165, 1.54) is 0 Å². The number of rotatable bonds is 8. The van der Waals surface area contributed by atoms with E-state index in [4.69, 9.17) is 15.2 Å². The third kappa shape index (κ3) is 4.08. The maximum atomic E-state index is 5.81. The molecule has 0 bridgehead atoms. The molecule has 6 nitrogen and oxygen atoms in total. The second-order valence-electron chi connectivity index (χ2n) is 4.99. The maximum Gasteiger partial charge on any atom is 0.132 e. The molecule has 2 rings (SSSR count). The van der Waals surface area contributed by atoms with Crippen LogP contribution in [-0.2, 0) is 19.7 Å². The molecule has 0 saturated heterocycles. The molecular formula is C16H22N4O2. The van der Waals surface area contributed by atoms with E-state index in [2.05, 4.69) is 16.9 Å². The molecule has 22 heavy (non-hydrogen) atoms. The van der Waals surface area contributed by atoms with Gasteiger partial charge in [-0.2, -0.15) is 0 Å². The van der Waals surface area contributed by atoms with Crippen molar-refractivity contribution in [3.63, 3.8) is 0 Å². The third-order valence-corrected chi connectivity index (χ3v) is 3.04. The van der Waals surface area contributed by atoms with Gasteiger partial charge in [-0.15, -0.1) is 5.10 Å². The van der Waals surface area contributed by atoms with Gasteiger partial charge < -0.3 is 15.2 Å². The summed E-state index contributed by atoms with van der Waals surface area (Å²) in [5.41, 5.74) is 8.32. The second kappa shape index (κ2) is 7.61. The van der Waals surface area contributed by atoms with Gasteiger partial charge in [0.05, 0.1) is 13.2 Å². The first-order chi connectivity index (χ1) is 10.6. The normalized spacial score (nSPS) is 10.5. The van der Waals surface area contributed by atoms with E-state index in [1.807, 2.05) is 38.1 Å². The fourth-order valence-electron chi connectivity index (χ4n) is 2.02. The third-order valence-electron chi connectivity index (χ3n) is 3.04. The van der Waals surface area contributed by atoms with Crippen molar-refractivity contribution in [1.29, 1.82) is 0 Å². The van der Waals surface area contributed by atoms with Crippen LogP contribution in [0.5, 0.6) is 11.5 Å². The van der Waals surface area contributed by atoms with Crippen molar-refractivity contribution < 1.29 is 9.47 Å². The van der Waals surface area contributed by atoms with Gasteiger partial charge in [-0.3, -0.25) is 0 Å². The van der Waals surface area contributed by atoms with Gasteiger partial charge in [0.25, 0.3) is 0 Å². The van der Waals surface area contributed by atoms with Gasteiger partial charge in [-0.25, -0.2) is 4.68 Å². The summed E-state index contributed by atoms with van der Waals surface area (Å²) in [4.78, 5) is 0. The molecule has 0 amide bonds. The largest absolute Gasteiger partial charge is 0.494 e. The van der Waals surface area contributed by atoms with Gasteiger partial charge in [-0.1, -0.05) is 17.4 Å². The lowest BCUT2D eigenvalue weighted by molar-refractivity contribution is 0.290. The molecule has 2 N–H and O–H groups in total. The zero-order valence-corrected chi connectivity index (χ0v) is 13.1. The van der Waals surface area contributed by atoms with Crippen LogP contribution >= 0.6 is 0 Å². The molecule has 1 aromatic carbocycles. The Labute approximate surface area is 130 Å². The summed E-state index contributed by atoms with van der Waals surface area (Å²) in [6, 6.07) is 7.51. The number of hydrogen-bond acceptors (Lipinski definition) is 5. The topological polar surface area (TPSA) is 75.2 Å². The van der Waals surface area contributed by atoms with E-state index < -0.39 is 0 Å². The second-order valence-corrected chi connectivity index (χ2v) is 4.99. The molecule has 0 saturated carbocycles. The molecule has 0 aliphatic carbocycles. The first-order valence-corrected chi connectivity index (χ1v) is 7.25. The van der Waals surface area contributed by atoms with E-state index in [1.54, 1.807) is 4.68 Å². The van der Waals surface area contributed by atoms with E-state index in [-0.39, 0.29) is 0 Å². The van der Waals surface area contributed by atoms with Crippen molar-refractivity contribution in [2.45, 2.75) is 33.5 Å². The van der Waals surface area contributed by atoms with E-state index in [9.17, 15) is 0 Å². The molecular weight excluding hydrogens is 280 g/mol. The summed E-state index contributed by atoms with van der Waals surface area (Å²) >= 11 is 0. The molecule has 0 spiro atoms. The van der Waals surface area contributed by atoms with Crippen molar-refractivity contribution in [2.75, 3.05) is 6.61 Å². The highest BCUT2D eigenvalue weighted by molar-refractivity contribution is 5.31. The van der Waals surface area contributed by atoms with E-state index in [0.717, 1.165) is 28.5 Å². The van der Waals surface area contributed by atoms with Crippen molar-refractivity contribution in [1.82, 2.24) is 15.0 Å². The van der Waals surface area contributed by atoms with Crippen LogP contribution in [0.3, 0.4) is 0 Å². The minimum absolute atomic E-state index is 0.332. The lowest BCUT2D eigenvalue weighted by atomic mass is 10.3. The Kier molecular flexibility index (Phi) is 5.55. The zero-order valence-electron chi connectivity index (χ0n) is 13.1. The summed E-state index contributed by atoms with van der Waals surface area (Å²) < 4.78 is 13.0. The van der Waals surface area contributed by atoms with Crippen LogP contribution in [0, 0.1) is 0 Å². The van der Waals surface area contributed by atoms with Crippen molar-refractivity contribution in [3.8, 4) is 11.5 Å². The molecule has 1 heterocycles. The highest BCUT2D eigenvalue weighted by Crippen LogP contribution is 2.19. The summed E-state index contributed by atoms with van der Waals surface area (Å²) in [6.45, 7) is 9.74. The number of nitrogens with two attached hydrogens (primary N) is 1. The molecule has 0 aliphatic heterocycles. The van der Waals surface area contributed by atoms with Crippen LogP contribution in [0.25, 0.3) is 0 Å². The Morgan fingerprint density at radius 3 is 2.41 bits per heavy atom. The quantitative estimate of drug-likeness (QED) is 0.757. The number of nitrogens with zero attached hydrogens (tertiary/aromatic N) is 3. The number of ether oxygens (including phenoxy) is 2. The monoisotopic (exact) mass is 302 g/mol. The smallest absolute Gasteiger partial charge is 0.132 e. The van der Waals surface area contributed by atoms with Gasteiger partial charge in [0.1, 0.15) is 29.5 Å². The van der Waals surface area contributed by atoms with E-state index >= 15 is 0 Å². The minimum Gasteiger partial charge on any atom is -0.494 e. The van der Waals surface area contributed by atoms with Crippen LogP contribution in [0.4, 0.5) is 0 Å². The molecule has 0 fully saturated rings. The summed E-state index contributed by atoms with van der Waals surface area (Å²) in [7, 11) is 0. The average Bonchev–Trinajstić information content (AvgIpc) is 2.88. The predicted molar refractivity (Wildman–Crippen MR) is 84.7 cm³/mol. The lowest BCUT2D eigenvalue weighted by Crippen LogP contribution is -2.11. The molecule has 118 valence electrons. The van der Waals surface area contributed by atoms with Crippen LogP contribution in [0.15, 0.2) is 36.4 Å². The van der Waals surface area contributed by atoms with Crippen molar-refractivity contribution in [2.24, 2.45) is 5.73 Å². The Hall–Kier alpha value is -2.34. The molecule has 2 aromatic rings. The predicted octanol–water partition coefficient (Wildman–Crippen LogP) is 2.29. The highest BCUT2D eigenvalue weighted by Gasteiger charge is 2.12. The summed E-state index contributed by atoms with van der Waals surface area (Å²) in [5, 5.41) is 8.19. The number of hydrogen-bond donors (Lipinski definition) is 1. The highest BCUT2D eigenvalue weighted by atomic mass is 16.5. The van der Waals surface area contributed by atoms with Crippen LogP contribution in [0.1, 0.15) is 25.2 Å². The van der Waals surface area contributed by atoms with Crippen molar-refractivity contribution >= 4 is 0 Å². The van der Waals surface area contributed by atoms with E-state index in [0.29, 0.717) is 26.3 Å². The van der Waals surface area contributed by atoms with Gasteiger partial charge in [-0.05, 0) is 38.1 Å². The van der Waals surface area contributed by atoms with Gasteiger partial charge in [0, 0.05) is 6.54 Å². The summed E-state index contributed by atoms with van der Waals surface area (Å²) in [5.74, 6) is 1.58. The molecule has 0 atom stereocenters. The fourth-order valence-corrected chi connectivity index (χ4v) is 2.02. The minimum atomic E-state index is 0.332. The van der Waals surface area contributed by atoms with Crippen LogP contribution in [-0.4, -0.2) is 21.6 Å². The average molecular weight is 302 g/mol. The zero-order chi connectivity index (χ0) is 15.9. The Balaban J connectivity index is 2.06. The Morgan fingerprint density at radius 1 is 1.23 bits per heavy atom. The van der Waals surface area contributed by atoms with Gasteiger partial charge >= 0.3 is 0 Å². The summed E-state index contributed by atoms with van der Waals surface area (Å²) in [6.07, 6.45) is 0. The van der Waals surface area contributed by atoms with Gasteiger partial charge in [0.2, 0.25) is 0 Å². The number of aromatic nitrogens is 3. The molecule has 0 unspecified atom stereocenters. The Bertz CT molecular complexity index is 620. The van der Waals surface area contributed by atoms with Crippen LogP contribution < -0.4 is 15.2 Å². The number of allylic oxidation sites excluding steroid dienone is 1. The molecule has 0 radical (unpaired) electrons. The fraction of sp³-hybridized carbons (Fsp3) is 0.375.